The Morgan fingerprint density at radius 1 is 1.33 bits per heavy atom. The third-order valence-electron chi connectivity index (χ3n) is 2.76. The van der Waals surface area contributed by atoms with Crippen molar-refractivity contribution in [1.82, 2.24) is 9.88 Å². The largest absolute Gasteiger partial charge is 0.393 e. The molecule has 0 spiro atoms. The molecule has 0 fully saturated rings. The van der Waals surface area contributed by atoms with E-state index in [1.54, 1.807) is 0 Å². The number of rotatable bonds is 8. The standard InChI is InChI=1S/C14H23N3S/c1-12(2)11-17(10-6-14(15)18)9-5-13-3-7-16-8-4-13/h3-4,7-8,12H,5-6,9-11H2,1-2H3,(H2,15,18). The van der Waals surface area contributed by atoms with Gasteiger partial charge in [0.15, 0.2) is 0 Å². The van der Waals surface area contributed by atoms with Gasteiger partial charge in [0, 0.05) is 38.4 Å². The van der Waals surface area contributed by atoms with Crippen LogP contribution < -0.4 is 5.73 Å². The van der Waals surface area contributed by atoms with E-state index in [-0.39, 0.29) is 0 Å². The van der Waals surface area contributed by atoms with E-state index in [0.717, 1.165) is 32.5 Å². The summed E-state index contributed by atoms with van der Waals surface area (Å²) in [6, 6.07) is 4.14. The second-order valence-corrected chi connectivity index (χ2v) is 5.54. The van der Waals surface area contributed by atoms with Crippen LogP contribution in [0.2, 0.25) is 0 Å². The molecule has 0 saturated heterocycles. The molecule has 1 heterocycles. The van der Waals surface area contributed by atoms with Crippen LogP contribution in [0.15, 0.2) is 24.5 Å². The Labute approximate surface area is 115 Å². The van der Waals surface area contributed by atoms with E-state index < -0.39 is 0 Å². The minimum absolute atomic E-state index is 0.604. The van der Waals surface area contributed by atoms with Crippen molar-refractivity contribution >= 4 is 17.2 Å². The second kappa shape index (κ2) is 8.16. The monoisotopic (exact) mass is 265 g/mol. The summed E-state index contributed by atoms with van der Waals surface area (Å²) in [5, 5.41) is 0. The van der Waals surface area contributed by atoms with Gasteiger partial charge in [-0.3, -0.25) is 4.98 Å². The molecule has 0 aliphatic rings. The molecule has 3 nitrogen and oxygen atoms in total. The highest BCUT2D eigenvalue weighted by atomic mass is 32.1. The number of pyridine rings is 1. The van der Waals surface area contributed by atoms with Gasteiger partial charge in [0.2, 0.25) is 0 Å². The van der Waals surface area contributed by atoms with Gasteiger partial charge in [-0.25, -0.2) is 0 Å². The third kappa shape index (κ3) is 6.67. The molecule has 4 heteroatoms. The van der Waals surface area contributed by atoms with Gasteiger partial charge in [-0.2, -0.15) is 0 Å². The highest BCUT2D eigenvalue weighted by molar-refractivity contribution is 7.80. The van der Waals surface area contributed by atoms with E-state index in [4.69, 9.17) is 18.0 Å². The minimum Gasteiger partial charge on any atom is -0.393 e. The summed E-state index contributed by atoms with van der Waals surface area (Å²) < 4.78 is 0. The van der Waals surface area contributed by atoms with Gasteiger partial charge in [0.25, 0.3) is 0 Å². The maximum Gasteiger partial charge on any atom is 0.0740 e. The Bertz CT molecular complexity index is 351. The molecule has 0 amide bonds. The first-order valence-electron chi connectivity index (χ1n) is 6.47. The fraction of sp³-hybridized carbons (Fsp3) is 0.571. The number of hydrogen-bond donors (Lipinski definition) is 1. The van der Waals surface area contributed by atoms with Gasteiger partial charge < -0.3 is 10.6 Å². The molecular weight excluding hydrogens is 242 g/mol. The first-order chi connectivity index (χ1) is 8.58. The van der Waals surface area contributed by atoms with Gasteiger partial charge in [0.05, 0.1) is 4.99 Å². The van der Waals surface area contributed by atoms with Crippen LogP contribution in [0.25, 0.3) is 0 Å². The smallest absolute Gasteiger partial charge is 0.0740 e. The van der Waals surface area contributed by atoms with Crippen LogP contribution in [0.1, 0.15) is 25.8 Å². The van der Waals surface area contributed by atoms with E-state index in [9.17, 15) is 0 Å². The molecular formula is C14H23N3S. The lowest BCUT2D eigenvalue weighted by Crippen LogP contribution is -2.32. The quantitative estimate of drug-likeness (QED) is 0.732. The lowest BCUT2D eigenvalue weighted by molar-refractivity contribution is 0.253. The van der Waals surface area contributed by atoms with Crippen LogP contribution in [-0.2, 0) is 6.42 Å². The van der Waals surface area contributed by atoms with Crippen LogP contribution in [0.3, 0.4) is 0 Å². The van der Waals surface area contributed by atoms with E-state index in [2.05, 4.69) is 35.9 Å². The van der Waals surface area contributed by atoms with E-state index >= 15 is 0 Å². The number of thiocarbonyl (C=S) groups is 1. The van der Waals surface area contributed by atoms with Gasteiger partial charge >= 0.3 is 0 Å². The molecule has 0 saturated carbocycles. The fourth-order valence-electron chi connectivity index (χ4n) is 1.92. The van der Waals surface area contributed by atoms with Gasteiger partial charge in [0.1, 0.15) is 0 Å². The van der Waals surface area contributed by atoms with E-state index in [0.29, 0.717) is 10.9 Å². The zero-order valence-corrected chi connectivity index (χ0v) is 12.1. The fourth-order valence-corrected chi connectivity index (χ4v) is 2.01. The molecule has 1 rings (SSSR count). The van der Waals surface area contributed by atoms with Gasteiger partial charge in [-0.15, -0.1) is 0 Å². The van der Waals surface area contributed by atoms with Gasteiger partial charge in [-0.05, 0) is 30.0 Å². The van der Waals surface area contributed by atoms with Crippen LogP contribution >= 0.6 is 12.2 Å². The molecule has 100 valence electrons. The van der Waals surface area contributed by atoms with Crippen molar-refractivity contribution in [2.24, 2.45) is 11.7 Å². The summed E-state index contributed by atoms with van der Waals surface area (Å²) in [5.74, 6) is 0.661. The normalized spacial score (nSPS) is 11.1. The molecule has 1 aromatic rings. The van der Waals surface area contributed by atoms with Crippen LogP contribution in [0, 0.1) is 5.92 Å². The Morgan fingerprint density at radius 2 is 2.00 bits per heavy atom. The summed E-state index contributed by atoms with van der Waals surface area (Å²) in [6.45, 7) is 7.57. The summed E-state index contributed by atoms with van der Waals surface area (Å²) in [7, 11) is 0. The molecule has 0 radical (unpaired) electrons. The SMILES string of the molecule is CC(C)CN(CCC(N)=S)CCc1ccncc1. The number of hydrogen-bond acceptors (Lipinski definition) is 3. The number of aromatic nitrogens is 1. The molecule has 1 aromatic heterocycles. The molecule has 18 heavy (non-hydrogen) atoms. The zero-order valence-electron chi connectivity index (χ0n) is 11.3. The predicted molar refractivity (Wildman–Crippen MR) is 80.6 cm³/mol. The van der Waals surface area contributed by atoms with Crippen molar-refractivity contribution in [1.29, 1.82) is 0 Å². The topological polar surface area (TPSA) is 42.1 Å². The number of nitrogens with zero attached hydrogens (tertiary/aromatic N) is 2. The average Bonchev–Trinajstić information content (AvgIpc) is 2.33. The molecule has 0 unspecified atom stereocenters. The van der Waals surface area contributed by atoms with Crippen LogP contribution in [0.4, 0.5) is 0 Å². The Hall–Kier alpha value is -1.00. The van der Waals surface area contributed by atoms with E-state index in [1.165, 1.54) is 5.56 Å². The minimum atomic E-state index is 0.604. The maximum atomic E-state index is 5.58. The lowest BCUT2D eigenvalue weighted by atomic mass is 10.1. The van der Waals surface area contributed by atoms with E-state index in [1.807, 2.05) is 12.4 Å². The van der Waals surface area contributed by atoms with Crippen molar-refractivity contribution in [3.63, 3.8) is 0 Å². The second-order valence-electron chi connectivity index (χ2n) is 5.02. The molecule has 0 aromatic carbocycles. The highest BCUT2D eigenvalue weighted by Gasteiger charge is 2.08. The molecule has 2 N–H and O–H groups in total. The first kappa shape index (κ1) is 15.1. The average molecular weight is 265 g/mol. The van der Waals surface area contributed by atoms with Crippen molar-refractivity contribution in [3.05, 3.63) is 30.1 Å². The van der Waals surface area contributed by atoms with Crippen molar-refractivity contribution in [2.75, 3.05) is 19.6 Å². The Kier molecular flexibility index (Phi) is 6.83. The Balaban J connectivity index is 2.42. The highest BCUT2D eigenvalue weighted by Crippen LogP contribution is 2.04. The number of nitrogens with two attached hydrogens (primary N) is 1. The Morgan fingerprint density at radius 3 is 2.56 bits per heavy atom. The summed E-state index contributed by atoms with van der Waals surface area (Å²) in [4.78, 5) is 7.07. The van der Waals surface area contributed by atoms with Crippen LogP contribution in [0.5, 0.6) is 0 Å². The maximum absolute atomic E-state index is 5.58. The first-order valence-corrected chi connectivity index (χ1v) is 6.88. The summed E-state index contributed by atoms with van der Waals surface area (Å²) in [6.07, 6.45) is 5.54. The molecule has 0 aliphatic carbocycles. The van der Waals surface area contributed by atoms with Gasteiger partial charge in [-0.1, -0.05) is 26.1 Å². The summed E-state index contributed by atoms with van der Waals surface area (Å²) >= 11 is 4.95. The zero-order chi connectivity index (χ0) is 13.4. The molecule has 0 atom stereocenters. The molecule has 0 aliphatic heterocycles. The van der Waals surface area contributed by atoms with Crippen LogP contribution in [-0.4, -0.2) is 34.5 Å². The van der Waals surface area contributed by atoms with Crippen molar-refractivity contribution < 1.29 is 0 Å². The lowest BCUT2D eigenvalue weighted by Gasteiger charge is -2.24. The molecule has 0 bridgehead atoms. The third-order valence-corrected chi connectivity index (χ3v) is 2.97. The predicted octanol–water partition coefficient (Wildman–Crippen LogP) is 2.26. The van der Waals surface area contributed by atoms with Crippen molar-refractivity contribution in [2.45, 2.75) is 26.7 Å². The van der Waals surface area contributed by atoms with Crippen molar-refractivity contribution in [3.8, 4) is 0 Å². The summed E-state index contributed by atoms with van der Waals surface area (Å²) in [5.41, 5.74) is 6.90.